The molecule has 0 aromatic heterocycles. The predicted octanol–water partition coefficient (Wildman–Crippen LogP) is 0.912. The van der Waals surface area contributed by atoms with Crippen LogP contribution in [0.4, 0.5) is 0 Å². The molecule has 0 heterocycles. The lowest BCUT2D eigenvalue weighted by Gasteiger charge is -2.14. The second-order valence-electron chi connectivity index (χ2n) is 4.15. The average Bonchev–Trinajstić information content (AvgIpc) is 2.42. The molecule has 1 atom stereocenters. The van der Waals surface area contributed by atoms with Crippen molar-refractivity contribution in [3.63, 3.8) is 0 Å². The zero-order valence-corrected chi connectivity index (χ0v) is 10.9. The van der Waals surface area contributed by atoms with Crippen molar-refractivity contribution in [3.8, 4) is 0 Å². The second kappa shape index (κ2) is 7.61. The van der Waals surface area contributed by atoms with E-state index in [4.69, 9.17) is 0 Å². The normalized spacial score (nSPS) is 11.9. The third-order valence-corrected chi connectivity index (χ3v) is 2.71. The number of likely N-dealkylation sites (N-methyl/N-ethyl adjacent to an activating group) is 1. The third kappa shape index (κ3) is 4.30. The number of benzene rings is 1. The molecule has 1 amide bonds. The summed E-state index contributed by atoms with van der Waals surface area (Å²) < 4.78 is 0. The van der Waals surface area contributed by atoms with Crippen LogP contribution in [0.2, 0.25) is 0 Å². The van der Waals surface area contributed by atoms with E-state index < -0.39 is 17.7 Å². The molecule has 2 N–H and O–H groups in total. The Hall–Kier alpha value is -1.68. The highest BCUT2D eigenvalue weighted by molar-refractivity contribution is 6.38. The molecule has 4 heteroatoms. The minimum absolute atomic E-state index is 0.408. The van der Waals surface area contributed by atoms with Crippen LogP contribution < -0.4 is 10.6 Å². The van der Waals surface area contributed by atoms with Crippen LogP contribution in [0.25, 0.3) is 0 Å². The molecule has 98 valence electrons. The average molecular weight is 248 g/mol. The van der Waals surface area contributed by atoms with E-state index in [-0.39, 0.29) is 0 Å². The minimum Gasteiger partial charge on any atom is -0.349 e. The van der Waals surface area contributed by atoms with E-state index in [0.717, 1.165) is 12.0 Å². The van der Waals surface area contributed by atoms with Crippen molar-refractivity contribution in [2.45, 2.75) is 25.8 Å². The zero-order valence-electron chi connectivity index (χ0n) is 10.9. The number of Topliss-reactive ketones (excluding diaryl/α,β-unsaturated/α-hetero) is 1. The van der Waals surface area contributed by atoms with Crippen molar-refractivity contribution in [1.29, 1.82) is 0 Å². The van der Waals surface area contributed by atoms with Crippen LogP contribution in [0.15, 0.2) is 30.3 Å². The monoisotopic (exact) mass is 248 g/mol. The fraction of sp³-hybridized carbons (Fsp3) is 0.429. The van der Waals surface area contributed by atoms with Gasteiger partial charge in [0, 0.05) is 6.54 Å². The molecule has 1 unspecified atom stereocenters. The van der Waals surface area contributed by atoms with Gasteiger partial charge in [0.2, 0.25) is 5.78 Å². The summed E-state index contributed by atoms with van der Waals surface area (Å²) in [5, 5.41) is 5.50. The molecule has 0 saturated heterocycles. The van der Waals surface area contributed by atoms with Crippen LogP contribution >= 0.6 is 0 Å². The first-order valence-corrected chi connectivity index (χ1v) is 6.22. The number of rotatable bonds is 7. The van der Waals surface area contributed by atoms with Crippen molar-refractivity contribution < 1.29 is 9.59 Å². The Labute approximate surface area is 108 Å². The van der Waals surface area contributed by atoms with Gasteiger partial charge in [-0.05, 0) is 25.5 Å². The van der Waals surface area contributed by atoms with E-state index in [9.17, 15) is 9.59 Å². The fourth-order valence-electron chi connectivity index (χ4n) is 1.66. The molecule has 1 aromatic rings. The van der Waals surface area contributed by atoms with E-state index in [1.807, 2.05) is 37.3 Å². The second-order valence-corrected chi connectivity index (χ2v) is 4.15. The topological polar surface area (TPSA) is 58.2 Å². The molecule has 0 aliphatic rings. The van der Waals surface area contributed by atoms with Crippen LogP contribution in [0.3, 0.4) is 0 Å². The number of ketones is 1. The summed E-state index contributed by atoms with van der Waals surface area (Å²) in [4.78, 5) is 23.5. The Kier molecular flexibility index (Phi) is 6.08. The van der Waals surface area contributed by atoms with Gasteiger partial charge in [0.15, 0.2) is 0 Å². The summed E-state index contributed by atoms with van der Waals surface area (Å²) in [6.45, 7) is 2.48. The molecule has 0 spiro atoms. The molecular formula is C14H20N2O2. The summed E-state index contributed by atoms with van der Waals surface area (Å²) in [5.41, 5.74) is 1.04. The molecule has 0 fully saturated rings. The van der Waals surface area contributed by atoms with Gasteiger partial charge in [0.05, 0.1) is 6.04 Å². The van der Waals surface area contributed by atoms with Crippen LogP contribution in [-0.4, -0.2) is 31.3 Å². The van der Waals surface area contributed by atoms with Crippen LogP contribution in [0.1, 0.15) is 18.9 Å². The Bertz CT molecular complexity index is 390. The Morgan fingerprint density at radius 2 is 1.89 bits per heavy atom. The molecule has 0 radical (unpaired) electrons. The molecule has 18 heavy (non-hydrogen) atoms. The lowest BCUT2D eigenvalue weighted by atomic mass is 10.0. The smallest absolute Gasteiger partial charge is 0.289 e. The summed E-state index contributed by atoms with van der Waals surface area (Å²) >= 11 is 0. The molecule has 0 saturated carbocycles. The van der Waals surface area contributed by atoms with Crippen molar-refractivity contribution in [1.82, 2.24) is 10.6 Å². The molecular weight excluding hydrogens is 228 g/mol. The molecule has 0 aliphatic carbocycles. The number of hydrogen-bond acceptors (Lipinski definition) is 3. The maximum absolute atomic E-state index is 11.9. The lowest BCUT2D eigenvalue weighted by Crippen LogP contribution is -2.45. The van der Waals surface area contributed by atoms with E-state index in [1.54, 1.807) is 7.05 Å². The number of nitrogens with one attached hydrogen (secondary N) is 2. The first-order valence-electron chi connectivity index (χ1n) is 6.22. The highest BCUT2D eigenvalue weighted by atomic mass is 16.2. The van der Waals surface area contributed by atoms with Gasteiger partial charge in [-0.15, -0.1) is 0 Å². The Balaban J connectivity index is 2.60. The van der Waals surface area contributed by atoms with Crippen LogP contribution in [0, 0.1) is 0 Å². The standard InChI is InChI=1S/C14H20N2O2/c1-3-9-16-14(18)13(17)12(15-2)10-11-7-5-4-6-8-11/h4-8,12,15H,3,9-10H2,1-2H3,(H,16,18). The predicted molar refractivity (Wildman–Crippen MR) is 71.3 cm³/mol. The van der Waals surface area contributed by atoms with Crippen LogP contribution in [-0.2, 0) is 16.0 Å². The molecule has 0 aliphatic heterocycles. The fourth-order valence-corrected chi connectivity index (χ4v) is 1.66. The zero-order chi connectivity index (χ0) is 13.4. The highest BCUT2D eigenvalue weighted by Gasteiger charge is 2.23. The van der Waals surface area contributed by atoms with Crippen molar-refractivity contribution in [2.75, 3.05) is 13.6 Å². The number of hydrogen-bond donors (Lipinski definition) is 2. The van der Waals surface area contributed by atoms with Gasteiger partial charge < -0.3 is 10.6 Å². The maximum Gasteiger partial charge on any atom is 0.289 e. The summed E-state index contributed by atoms with van der Waals surface area (Å²) in [6.07, 6.45) is 1.34. The summed E-state index contributed by atoms with van der Waals surface area (Å²) in [5.74, 6) is -0.915. The van der Waals surface area contributed by atoms with E-state index in [2.05, 4.69) is 10.6 Å². The van der Waals surface area contributed by atoms with Gasteiger partial charge in [-0.1, -0.05) is 37.3 Å². The quantitative estimate of drug-likeness (QED) is 0.705. The number of carbonyl (C=O) groups is 2. The van der Waals surface area contributed by atoms with Gasteiger partial charge in [-0.2, -0.15) is 0 Å². The molecule has 1 rings (SSSR count). The van der Waals surface area contributed by atoms with Gasteiger partial charge >= 0.3 is 0 Å². The first kappa shape index (κ1) is 14.4. The lowest BCUT2D eigenvalue weighted by molar-refractivity contribution is -0.139. The SMILES string of the molecule is CCCNC(=O)C(=O)C(Cc1ccccc1)NC. The number of carbonyl (C=O) groups excluding carboxylic acids is 2. The van der Waals surface area contributed by atoms with Gasteiger partial charge in [0.25, 0.3) is 5.91 Å². The number of amides is 1. The molecule has 4 nitrogen and oxygen atoms in total. The highest BCUT2D eigenvalue weighted by Crippen LogP contribution is 2.03. The van der Waals surface area contributed by atoms with Crippen molar-refractivity contribution in [2.24, 2.45) is 0 Å². The van der Waals surface area contributed by atoms with E-state index in [0.29, 0.717) is 13.0 Å². The third-order valence-electron chi connectivity index (χ3n) is 2.71. The molecule has 1 aromatic carbocycles. The van der Waals surface area contributed by atoms with Gasteiger partial charge in [-0.3, -0.25) is 9.59 Å². The summed E-state index contributed by atoms with van der Waals surface area (Å²) in [7, 11) is 1.69. The van der Waals surface area contributed by atoms with E-state index >= 15 is 0 Å². The Morgan fingerprint density at radius 3 is 2.44 bits per heavy atom. The summed E-state index contributed by atoms with van der Waals surface area (Å²) in [6, 6.07) is 9.19. The Morgan fingerprint density at radius 1 is 1.22 bits per heavy atom. The van der Waals surface area contributed by atoms with Crippen LogP contribution in [0.5, 0.6) is 0 Å². The van der Waals surface area contributed by atoms with Gasteiger partial charge in [-0.25, -0.2) is 0 Å². The van der Waals surface area contributed by atoms with Crippen molar-refractivity contribution in [3.05, 3.63) is 35.9 Å². The largest absolute Gasteiger partial charge is 0.349 e. The van der Waals surface area contributed by atoms with E-state index in [1.165, 1.54) is 0 Å². The van der Waals surface area contributed by atoms with Gasteiger partial charge in [0.1, 0.15) is 0 Å². The van der Waals surface area contributed by atoms with Crippen molar-refractivity contribution >= 4 is 11.7 Å². The molecule has 0 bridgehead atoms. The first-order chi connectivity index (χ1) is 8.69. The maximum atomic E-state index is 11.9. The minimum atomic E-state index is -0.507.